The number of carbonyl (C=O) groups is 1. The predicted molar refractivity (Wildman–Crippen MR) is 88.4 cm³/mol. The fourth-order valence-electron chi connectivity index (χ4n) is 3.79. The maximum Gasteiger partial charge on any atom is 0.223 e. The molecule has 0 aliphatic carbocycles. The monoisotopic (exact) mass is 329 g/mol. The number of fused-ring (bicyclic) bond motifs is 1. The van der Waals surface area contributed by atoms with Crippen LogP contribution >= 0.6 is 0 Å². The largest absolute Gasteiger partial charge is 0.356 e. The van der Waals surface area contributed by atoms with E-state index in [0.29, 0.717) is 18.6 Å². The van der Waals surface area contributed by atoms with Crippen molar-refractivity contribution in [2.24, 2.45) is 5.92 Å². The zero-order chi connectivity index (χ0) is 16.5. The Hall–Kier alpha value is -2.31. The number of piperidine rings is 1. The van der Waals surface area contributed by atoms with Crippen molar-refractivity contribution in [2.75, 3.05) is 31.2 Å². The van der Waals surface area contributed by atoms with Gasteiger partial charge in [-0.05, 0) is 25.0 Å². The molecule has 2 fully saturated rings. The fraction of sp³-hybridized carbons (Fsp3) is 0.529. The zero-order valence-corrected chi connectivity index (χ0v) is 13.4. The summed E-state index contributed by atoms with van der Waals surface area (Å²) in [5.41, 5.74) is 0.699. The first-order chi connectivity index (χ1) is 11.8. The van der Waals surface area contributed by atoms with Crippen LogP contribution in [-0.4, -0.2) is 58.1 Å². The maximum absolute atomic E-state index is 12.8. The van der Waals surface area contributed by atoms with Gasteiger partial charge in [0.2, 0.25) is 5.91 Å². The van der Waals surface area contributed by atoms with Gasteiger partial charge in [0.15, 0.2) is 5.65 Å². The lowest BCUT2D eigenvalue weighted by Gasteiger charge is -2.37. The van der Waals surface area contributed by atoms with Gasteiger partial charge in [0.05, 0.1) is 12.1 Å². The minimum atomic E-state index is -0.402. The smallest absolute Gasteiger partial charge is 0.223 e. The van der Waals surface area contributed by atoms with Gasteiger partial charge in [-0.3, -0.25) is 9.18 Å². The van der Waals surface area contributed by atoms with Gasteiger partial charge in [0.25, 0.3) is 0 Å². The first kappa shape index (κ1) is 15.2. The Balaban J connectivity index is 1.47. The Bertz CT molecular complexity index is 741. The molecule has 4 rings (SSSR count). The van der Waals surface area contributed by atoms with Crippen molar-refractivity contribution in [3.05, 3.63) is 24.7 Å². The number of pyridine rings is 1. The number of rotatable bonds is 3. The number of likely N-dealkylation sites (tertiary alicyclic amines) is 1. The first-order valence-electron chi connectivity index (χ1n) is 8.42. The SMILES string of the molecule is O=C1CC(CF)CN1C1CCN(c2ncnc3ncccc23)CC1. The molecule has 4 heterocycles. The molecule has 1 amide bonds. The number of hydrogen-bond acceptors (Lipinski definition) is 5. The second-order valence-electron chi connectivity index (χ2n) is 6.56. The quantitative estimate of drug-likeness (QED) is 0.859. The number of alkyl halides is 1. The van der Waals surface area contributed by atoms with E-state index in [0.717, 1.165) is 37.1 Å². The zero-order valence-electron chi connectivity index (χ0n) is 13.4. The Morgan fingerprint density at radius 2 is 2.04 bits per heavy atom. The summed E-state index contributed by atoms with van der Waals surface area (Å²) in [4.78, 5) is 29.1. The molecule has 2 aromatic heterocycles. The first-order valence-corrected chi connectivity index (χ1v) is 8.42. The van der Waals surface area contributed by atoms with Gasteiger partial charge >= 0.3 is 0 Å². The van der Waals surface area contributed by atoms with Crippen LogP contribution in [0.3, 0.4) is 0 Å². The van der Waals surface area contributed by atoms with Gasteiger partial charge in [-0.2, -0.15) is 0 Å². The molecule has 0 radical (unpaired) electrons. The van der Waals surface area contributed by atoms with E-state index < -0.39 is 6.67 Å². The summed E-state index contributed by atoms with van der Waals surface area (Å²) in [5, 5.41) is 0.952. The Labute approximate surface area is 139 Å². The number of halogens is 1. The summed E-state index contributed by atoms with van der Waals surface area (Å²) >= 11 is 0. The van der Waals surface area contributed by atoms with Gasteiger partial charge in [0, 0.05) is 44.2 Å². The van der Waals surface area contributed by atoms with E-state index in [-0.39, 0.29) is 17.9 Å². The fourth-order valence-corrected chi connectivity index (χ4v) is 3.79. The van der Waals surface area contributed by atoms with Gasteiger partial charge in [-0.15, -0.1) is 0 Å². The molecule has 2 aliphatic rings. The molecular formula is C17H20FN5O. The highest BCUT2D eigenvalue weighted by atomic mass is 19.1. The van der Waals surface area contributed by atoms with Gasteiger partial charge in [0.1, 0.15) is 12.1 Å². The van der Waals surface area contributed by atoms with Crippen LogP contribution in [0.25, 0.3) is 11.0 Å². The minimum Gasteiger partial charge on any atom is -0.356 e. The van der Waals surface area contributed by atoms with Crippen molar-refractivity contribution in [2.45, 2.75) is 25.3 Å². The molecule has 0 spiro atoms. The van der Waals surface area contributed by atoms with Gasteiger partial charge < -0.3 is 9.80 Å². The third kappa shape index (κ3) is 2.68. The van der Waals surface area contributed by atoms with Crippen molar-refractivity contribution >= 4 is 22.8 Å². The number of nitrogens with zero attached hydrogens (tertiary/aromatic N) is 5. The molecule has 126 valence electrons. The average Bonchev–Trinajstić information content (AvgIpc) is 3.02. The van der Waals surface area contributed by atoms with E-state index in [9.17, 15) is 9.18 Å². The van der Waals surface area contributed by atoms with Crippen LogP contribution in [0.2, 0.25) is 0 Å². The molecule has 24 heavy (non-hydrogen) atoms. The average molecular weight is 329 g/mol. The van der Waals surface area contributed by atoms with Gasteiger partial charge in [-0.1, -0.05) is 0 Å². The van der Waals surface area contributed by atoms with Crippen LogP contribution in [0.5, 0.6) is 0 Å². The summed E-state index contributed by atoms with van der Waals surface area (Å²) in [6.45, 7) is 1.83. The highest BCUT2D eigenvalue weighted by Gasteiger charge is 2.36. The molecule has 7 heteroatoms. The van der Waals surface area contributed by atoms with Crippen molar-refractivity contribution in [1.29, 1.82) is 0 Å². The van der Waals surface area contributed by atoms with Crippen LogP contribution in [0.1, 0.15) is 19.3 Å². The van der Waals surface area contributed by atoms with Crippen LogP contribution in [0.15, 0.2) is 24.7 Å². The summed E-state index contributed by atoms with van der Waals surface area (Å²) in [6, 6.07) is 4.10. The lowest BCUT2D eigenvalue weighted by molar-refractivity contribution is -0.130. The number of hydrogen-bond donors (Lipinski definition) is 0. The molecule has 0 bridgehead atoms. The van der Waals surface area contributed by atoms with Crippen molar-refractivity contribution in [1.82, 2.24) is 19.9 Å². The minimum absolute atomic E-state index is 0.104. The molecule has 6 nitrogen and oxygen atoms in total. The second kappa shape index (κ2) is 6.30. The van der Waals surface area contributed by atoms with Crippen LogP contribution in [0.4, 0.5) is 10.2 Å². The topological polar surface area (TPSA) is 62.2 Å². The number of amides is 1. The highest BCUT2D eigenvalue weighted by molar-refractivity contribution is 5.86. The number of carbonyl (C=O) groups excluding carboxylic acids is 1. The Morgan fingerprint density at radius 1 is 1.21 bits per heavy atom. The molecule has 0 N–H and O–H groups in total. The van der Waals surface area contributed by atoms with Crippen LogP contribution < -0.4 is 4.90 Å². The van der Waals surface area contributed by atoms with Gasteiger partial charge in [-0.25, -0.2) is 15.0 Å². The van der Waals surface area contributed by atoms with E-state index in [1.165, 1.54) is 0 Å². The predicted octanol–water partition coefficient (Wildman–Crippen LogP) is 1.81. The summed E-state index contributed by atoms with van der Waals surface area (Å²) in [5.74, 6) is 0.890. The molecule has 2 saturated heterocycles. The van der Waals surface area contributed by atoms with Crippen molar-refractivity contribution in [3.8, 4) is 0 Å². The Morgan fingerprint density at radius 3 is 2.79 bits per heavy atom. The Kier molecular flexibility index (Phi) is 4.00. The van der Waals surface area contributed by atoms with Crippen LogP contribution in [-0.2, 0) is 4.79 Å². The van der Waals surface area contributed by atoms with E-state index in [2.05, 4.69) is 19.9 Å². The molecule has 0 aromatic carbocycles. The van der Waals surface area contributed by atoms with Crippen LogP contribution in [0, 0.1) is 5.92 Å². The van der Waals surface area contributed by atoms with E-state index in [4.69, 9.17) is 0 Å². The van der Waals surface area contributed by atoms with Crippen molar-refractivity contribution < 1.29 is 9.18 Å². The summed E-state index contributed by atoms with van der Waals surface area (Å²) < 4.78 is 12.8. The van der Waals surface area contributed by atoms with Crippen molar-refractivity contribution in [3.63, 3.8) is 0 Å². The number of anilines is 1. The normalized spacial score (nSPS) is 22.5. The maximum atomic E-state index is 12.8. The number of aromatic nitrogens is 3. The standard InChI is InChI=1S/C17H20FN5O/c18-9-12-8-15(24)23(10-12)13-3-6-22(7-4-13)17-14-2-1-5-19-16(14)20-11-21-17/h1-2,5,11-13H,3-4,6-10H2. The second-order valence-corrected chi connectivity index (χ2v) is 6.56. The molecule has 2 aliphatic heterocycles. The molecular weight excluding hydrogens is 309 g/mol. The lowest BCUT2D eigenvalue weighted by atomic mass is 10.0. The van der Waals surface area contributed by atoms with E-state index >= 15 is 0 Å². The molecule has 1 atom stereocenters. The summed E-state index contributed by atoms with van der Waals surface area (Å²) in [6.07, 6.45) is 5.41. The third-order valence-corrected chi connectivity index (χ3v) is 5.05. The lowest BCUT2D eigenvalue weighted by Crippen LogP contribution is -2.46. The molecule has 2 aromatic rings. The van der Waals surface area contributed by atoms with E-state index in [1.807, 2.05) is 17.0 Å². The summed E-state index contributed by atoms with van der Waals surface area (Å²) in [7, 11) is 0. The van der Waals surface area contributed by atoms with E-state index in [1.54, 1.807) is 12.5 Å². The molecule has 1 unspecified atom stereocenters. The third-order valence-electron chi connectivity index (χ3n) is 5.05. The highest BCUT2D eigenvalue weighted by Crippen LogP contribution is 2.29. The molecule has 0 saturated carbocycles.